The van der Waals surface area contributed by atoms with Gasteiger partial charge >= 0.3 is 0 Å². The standard InChI is InChI=1S/C20H21ClN4OS/c21-15-8-9-17-18(11-15)24-20(27-13-14(12-23)5-4-10-22)25(19(17)26)16-6-2-1-3-7-16/h8-9,11,14,16H,1-7,13H2/t14-/m0/s1. The minimum atomic E-state index is -0.235. The molecule has 0 saturated heterocycles. The van der Waals surface area contributed by atoms with Crippen molar-refractivity contribution in [3.63, 3.8) is 0 Å². The molecule has 0 spiro atoms. The van der Waals surface area contributed by atoms with Gasteiger partial charge in [0.15, 0.2) is 5.16 Å². The zero-order chi connectivity index (χ0) is 19.2. The van der Waals surface area contributed by atoms with Gasteiger partial charge in [-0.15, -0.1) is 0 Å². The summed E-state index contributed by atoms with van der Waals surface area (Å²) >= 11 is 7.53. The molecule has 27 heavy (non-hydrogen) atoms. The first kappa shape index (κ1) is 19.7. The number of fused-ring (bicyclic) bond motifs is 1. The Bertz CT molecular complexity index is 953. The van der Waals surface area contributed by atoms with Crippen LogP contribution in [-0.4, -0.2) is 15.3 Å². The fraction of sp³-hybridized carbons (Fsp3) is 0.500. The fourth-order valence-electron chi connectivity index (χ4n) is 3.51. The van der Waals surface area contributed by atoms with E-state index in [2.05, 4.69) is 12.1 Å². The van der Waals surface area contributed by atoms with Crippen molar-refractivity contribution >= 4 is 34.3 Å². The van der Waals surface area contributed by atoms with Crippen LogP contribution >= 0.6 is 23.4 Å². The monoisotopic (exact) mass is 400 g/mol. The summed E-state index contributed by atoms with van der Waals surface area (Å²) in [7, 11) is 0. The van der Waals surface area contributed by atoms with Crippen molar-refractivity contribution in [2.45, 2.75) is 56.1 Å². The first-order valence-corrected chi connectivity index (χ1v) is 10.6. The van der Waals surface area contributed by atoms with Gasteiger partial charge in [-0.05, 0) is 37.5 Å². The van der Waals surface area contributed by atoms with Gasteiger partial charge in [0, 0.05) is 23.2 Å². The van der Waals surface area contributed by atoms with E-state index in [1.165, 1.54) is 18.2 Å². The van der Waals surface area contributed by atoms with E-state index in [9.17, 15) is 10.1 Å². The minimum absolute atomic E-state index is 0.0309. The Hall–Kier alpha value is -2.02. The van der Waals surface area contributed by atoms with Crippen LogP contribution in [-0.2, 0) is 0 Å². The third kappa shape index (κ3) is 4.64. The highest BCUT2D eigenvalue weighted by atomic mass is 35.5. The van der Waals surface area contributed by atoms with E-state index in [0.717, 1.165) is 25.7 Å². The molecule has 1 aliphatic rings. The molecule has 0 aliphatic heterocycles. The Morgan fingerprint density at radius 2 is 2.07 bits per heavy atom. The average Bonchev–Trinajstić information content (AvgIpc) is 2.68. The summed E-state index contributed by atoms with van der Waals surface area (Å²) < 4.78 is 1.83. The molecule has 2 aromatic rings. The van der Waals surface area contributed by atoms with Crippen molar-refractivity contribution in [1.82, 2.24) is 9.55 Å². The third-order valence-corrected chi connectivity index (χ3v) is 6.32. The van der Waals surface area contributed by atoms with Crippen molar-refractivity contribution < 1.29 is 0 Å². The molecule has 3 rings (SSSR count). The maximum absolute atomic E-state index is 13.2. The van der Waals surface area contributed by atoms with Gasteiger partial charge in [0.1, 0.15) is 0 Å². The van der Waals surface area contributed by atoms with Gasteiger partial charge in [0.25, 0.3) is 5.56 Å². The van der Waals surface area contributed by atoms with Gasteiger partial charge < -0.3 is 0 Å². The normalized spacial score (nSPS) is 16.0. The van der Waals surface area contributed by atoms with Gasteiger partial charge in [-0.3, -0.25) is 9.36 Å². The van der Waals surface area contributed by atoms with Gasteiger partial charge in [-0.2, -0.15) is 10.5 Å². The summed E-state index contributed by atoms with van der Waals surface area (Å²) in [5.74, 6) is 0.282. The molecule has 0 amide bonds. The quantitative estimate of drug-likeness (QED) is 0.498. The van der Waals surface area contributed by atoms with Crippen LogP contribution in [0.3, 0.4) is 0 Å². The van der Waals surface area contributed by atoms with Crippen molar-refractivity contribution in [1.29, 1.82) is 10.5 Å². The molecule has 140 valence electrons. The number of hydrogen-bond acceptors (Lipinski definition) is 5. The number of benzene rings is 1. The second kappa shape index (κ2) is 9.26. The van der Waals surface area contributed by atoms with Crippen LogP contribution in [0.15, 0.2) is 28.2 Å². The summed E-state index contributed by atoms with van der Waals surface area (Å²) in [4.78, 5) is 17.9. The van der Waals surface area contributed by atoms with E-state index in [1.54, 1.807) is 18.2 Å². The van der Waals surface area contributed by atoms with Gasteiger partial charge in [-0.1, -0.05) is 42.6 Å². The highest BCUT2D eigenvalue weighted by Gasteiger charge is 2.22. The van der Waals surface area contributed by atoms with E-state index in [1.807, 2.05) is 4.57 Å². The summed E-state index contributed by atoms with van der Waals surface area (Å²) in [6, 6.07) is 9.68. The maximum atomic E-state index is 13.2. The summed E-state index contributed by atoms with van der Waals surface area (Å²) in [5.41, 5.74) is 0.559. The molecule has 0 unspecified atom stereocenters. The smallest absolute Gasteiger partial charge is 0.262 e. The number of halogens is 1. The second-order valence-electron chi connectivity index (χ2n) is 6.86. The third-order valence-electron chi connectivity index (χ3n) is 4.97. The molecule has 1 aromatic heterocycles. The Morgan fingerprint density at radius 1 is 1.30 bits per heavy atom. The Labute approximate surface area is 168 Å². The Morgan fingerprint density at radius 3 is 2.78 bits per heavy atom. The molecule has 0 radical (unpaired) electrons. The van der Waals surface area contributed by atoms with Crippen molar-refractivity contribution in [3.05, 3.63) is 33.6 Å². The number of nitriles is 2. The number of aromatic nitrogens is 2. The van der Waals surface area contributed by atoms with E-state index < -0.39 is 0 Å². The maximum Gasteiger partial charge on any atom is 0.262 e. The van der Waals surface area contributed by atoms with Gasteiger partial charge in [0.2, 0.25) is 0 Å². The molecular formula is C20H21ClN4OS. The SMILES string of the molecule is N#CCC[C@@H](C#N)CSc1nc2cc(Cl)ccc2c(=O)n1C1CCCCC1. The van der Waals surface area contributed by atoms with Crippen molar-refractivity contribution in [3.8, 4) is 12.1 Å². The molecular weight excluding hydrogens is 380 g/mol. The first-order chi connectivity index (χ1) is 13.1. The Kier molecular flexibility index (Phi) is 6.77. The molecule has 0 N–H and O–H groups in total. The highest BCUT2D eigenvalue weighted by molar-refractivity contribution is 7.99. The van der Waals surface area contributed by atoms with Crippen LogP contribution in [0.1, 0.15) is 51.0 Å². The highest BCUT2D eigenvalue weighted by Crippen LogP contribution is 2.32. The molecule has 1 saturated carbocycles. The number of rotatable bonds is 6. The number of hydrogen-bond donors (Lipinski definition) is 0. The van der Waals surface area contributed by atoms with Crippen LogP contribution in [0, 0.1) is 28.6 Å². The van der Waals surface area contributed by atoms with Gasteiger partial charge in [0.05, 0.1) is 29.0 Å². The predicted octanol–water partition coefficient (Wildman–Crippen LogP) is 5.09. The topological polar surface area (TPSA) is 82.5 Å². The largest absolute Gasteiger partial charge is 0.284 e. The molecule has 1 aromatic carbocycles. The molecule has 1 aliphatic carbocycles. The van der Waals surface area contributed by atoms with E-state index in [-0.39, 0.29) is 17.5 Å². The zero-order valence-corrected chi connectivity index (χ0v) is 16.6. The van der Waals surface area contributed by atoms with Crippen LogP contribution in [0.2, 0.25) is 5.02 Å². The molecule has 1 atom stereocenters. The summed E-state index contributed by atoms with van der Waals surface area (Å²) in [5, 5.41) is 19.9. The molecule has 0 bridgehead atoms. The lowest BCUT2D eigenvalue weighted by molar-refractivity contribution is 0.326. The molecule has 1 heterocycles. The van der Waals surface area contributed by atoms with Crippen molar-refractivity contribution in [2.75, 3.05) is 5.75 Å². The van der Waals surface area contributed by atoms with Crippen LogP contribution in [0.5, 0.6) is 0 Å². The lowest BCUT2D eigenvalue weighted by Crippen LogP contribution is -2.29. The molecule has 1 fully saturated rings. The second-order valence-corrected chi connectivity index (χ2v) is 8.28. The first-order valence-electron chi connectivity index (χ1n) is 9.25. The average molecular weight is 401 g/mol. The summed E-state index contributed by atoms with van der Waals surface area (Å²) in [6.07, 6.45) is 6.28. The van der Waals surface area contributed by atoms with Crippen LogP contribution < -0.4 is 5.56 Å². The lowest BCUT2D eigenvalue weighted by atomic mass is 9.95. The lowest BCUT2D eigenvalue weighted by Gasteiger charge is -2.26. The van der Waals surface area contributed by atoms with Crippen molar-refractivity contribution in [2.24, 2.45) is 5.92 Å². The van der Waals surface area contributed by atoms with E-state index in [0.29, 0.717) is 39.7 Å². The van der Waals surface area contributed by atoms with E-state index in [4.69, 9.17) is 21.8 Å². The zero-order valence-electron chi connectivity index (χ0n) is 15.0. The van der Waals surface area contributed by atoms with Crippen LogP contribution in [0.4, 0.5) is 0 Å². The molecule has 7 heteroatoms. The number of nitrogens with zero attached hydrogens (tertiary/aromatic N) is 4. The minimum Gasteiger partial charge on any atom is -0.284 e. The van der Waals surface area contributed by atoms with Crippen LogP contribution in [0.25, 0.3) is 10.9 Å². The predicted molar refractivity (Wildman–Crippen MR) is 108 cm³/mol. The molecule has 5 nitrogen and oxygen atoms in total. The fourth-order valence-corrected chi connectivity index (χ4v) is 4.81. The van der Waals surface area contributed by atoms with Gasteiger partial charge in [-0.25, -0.2) is 4.98 Å². The number of thioether (sulfide) groups is 1. The summed E-state index contributed by atoms with van der Waals surface area (Å²) in [6.45, 7) is 0. The van der Waals surface area contributed by atoms with E-state index >= 15 is 0 Å². The Balaban J connectivity index is 1.99.